The molecule has 0 saturated heterocycles. The minimum absolute atomic E-state index is 0.574. The Bertz CT molecular complexity index is 349. The van der Waals surface area contributed by atoms with Gasteiger partial charge >= 0.3 is 21.6 Å². The van der Waals surface area contributed by atoms with E-state index in [0.29, 0.717) is 4.72 Å². The van der Waals surface area contributed by atoms with Crippen molar-refractivity contribution >= 4 is 16.1 Å². The minimum atomic E-state index is -5.81. The summed E-state index contributed by atoms with van der Waals surface area (Å²) in [6.07, 6.45) is -1.84. The first kappa shape index (κ1) is 15.9. The Balaban J connectivity index is 4.30. The Morgan fingerprint density at radius 2 is 1.76 bits per heavy atom. The summed E-state index contributed by atoms with van der Waals surface area (Å²) in [7, 11) is -5.81. The van der Waals surface area contributed by atoms with Gasteiger partial charge in [-0.2, -0.15) is 21.6 Å². The number of carbonyl (C=O) groups excluding carboxylic acids is 1. The zero-order valence-corrected chi connectivity index (χ0v) is 9.08. The fourth-order valence-electron chi connectivity index (χ4n) is 0.554. The number of aliphatic hydroxyl groups is 2. The van der Waals surface area contributed by atoms with Gasteiger partial charge in [0, 0.05) is 5.92 Å². The summed E-state index contributed by atoms with van der Waals surface area (Å²) >= 11 is 0. The van der Waals surface area contributed by atoms with Gasteiger partial charge in [-0.05, 0) is 0 Å². The molecule has 11 heteroatoms. The molecule has 0 radical (unpaired) electrons. The summed E-state index contributed by atoms with van der Waals surface area (Å²) in [6.45, 7) is -1.77. The molecule has 0 spiro atoms. The van der Waals surface area contributed by atoms with E-state index in [2.05, 4.69) is 4.74 Å². The van der Waals surface area contributed by atoms with Crippen LogP contribution in [-0.2, 0) is 14.8 Å². The molecule has 0 unspecified atom stereocenters. The average Bonchev–Trinajstić information content (AvgIpc) is 2.16. The Morgan fingerprint density at radius 3 is 2.12 bits per heavy atom. The van der Waals surface area contributed by atoms with Gasteiger partial charge in [0.2, 0.25) is 0 Å². The van der Waals surface area contributed by atoms with Crippen LogP contribution in [-0.4, -0.2) is 50.1 Å². The molecule has 7 nitrogen and oxygen atoms in total. The van der Waals surface area contributed by atoms with Crippen molar-refractivity contribution in [1.82, 2.24) is 4.72 Å². The van der Waals surface area contributed by atoms with Gasteiger partial charge < -0.3 is 14.9 Å². The van der Waals surface area contributed by atoms with E-state index in [0.717, 1.165) is 0 Å². The summed E-state index contributed by atoms with van der Waals surface area (Å²) in [6, 6.07) is 0. The predicted octanol–water partition coefficient (Wildman–Crippen LogP) is -0.837. The summed E-state index contributed by atoms with van der Waals surface area (Å²) < 4.78 is 60.9. The highest BCUT2D eigenvalue weighted by atomic mass is 32.2. The quantitative estimate of drug-likeness (QED) is 0.606. The zero-order valence-electron chi connectivity index (χ0n) is 8.27. The smallest absolute Gasteiger partial charge is 0.448 e. The second-order valence-electron chi connectivity index (χ2n) is 2.88. The van der Waals surface area contributed by atoms with Gasteiger partial charge in [0.1, 0.15) is 6.61 Å². The Kier molecular flexibility index (Phi) is 5.64. The molecule has 0 bridgehead atoms. The van der Waals surface area contributed by atoms with E-state index >= 15 is 0 Å². The standard InChI is InChI=1S/C6H10F3NO6S/c7-6(8,9)17(14,15)10-5(13)16-3-4(1-11)2-12/h4,11-12H,1-3H2,(H,10,13). The molecule has 1 amide bonds. The lowest BCUT2D eigenvalue weighted by molar-refractivity contribution is -0.0448. The van der Waals surface area contributed by atoms with Gasteiger partial charge in [0.25, 0.3) is 0 Å². The van der Waals surface area contributed by atoms with E-state index in [9.17, 15) is 26.4 Å². The molecular formula is C6H10F3NO6S. The molecule has 0 aromatic carbocycles. The first-order valence-corrected chi connectivity index (χ1v) is 5.60. The van der Waals surface area contributed by atoms with Crippen LogP contribution in [0.2, 0.25) is 0 Å². The van der Waals surface area contributed by atoms with Crippen molar-refractivity contribution in [3.63, 3.8) is 0 Å². The van der Waals surface area contributed by atoms with Gasteiger partial charge in [0.05, 0.1) is 13.2 Å². The van der Waals surface area contributed by atoms with Crippen LogP contribution in [0.15, 0.2) is 0 Å². The number of rotatable bonds is 5. The van der Waals surface area contributed by atoms with Crippen LogP contribution >= 0.6 is 0 Å². The third-order valence-corrected chi connectivity index (χ3v) is 2.53. The van der Waals surface area contributed by atoms with Gasteiger partial charge in [-0.1, -0.05) is 0 Å². The molecule has 0 atom stereocenters. The second kappa shape index (κ2) is 6.02. The highest BCUT2D eigenvalue weighted by Gasteiger charge is 2.47. The molecule has 0 aliphatic rings. The third-order valence-electron chi connectivity index (χ3n) is 1.49. The van der Waals surface area contributed by atoms with E-state index in [4.69, 9.17) is 10.2 Å². The molecule has 102 valence electrons. The second-order valence-corrected chi connectivity index (χ2v) is 4.55. The van der Waals surface area contributed by atoms with Gasteiger partial charge in [-0.15, -0.1) is 0 Å². The summed E-state index contributed by atoms with van der Waals surface area (Å²) in [5.74, 6) is -0.894. The van der Waals surface area contributed by atoms with Crippen molar-refractivity contribution in [3.05, 3.63) is 0 Å². The molecular weight excluding hydrogens is 271 g/mol. The number of carbonyl (C=O) groups is 1. The lowest BCUT2D eigenvalue weighted by Crippen LogP contribution is -2.41. The summed E-state index contributed by atoms with van der Waals surface area (Å²) in [5, 5.41) is 17.1. The fraction of sp³-hybridized carbons (Fsp3) is 0.833. The molecule has 0 heterocycles. The Labute approximate surface area is 94.2 Å². The number of alkyl halides is 3. The maximum absolute atomic E-state index is 11.8. The van der Waals surface area contributed by atoms with E-state index in [1.54, 1.807) is 0 Å². The van der Waals surface area contributed by atoms with Crippen molar-refractivity contribution in [2.75, 3.05) is 19.8 Å². The lowest BCUT2D eigenvalue weighted by atomic mass is 10.2. The lowest BCUT2D eigenvalue weighted by Gasteiger charge is -2.13. The van der Waals surface area contributed by atoms with Crippen molar-refractivity contribution in [3.8, 4) is 0 Å². The van der Waals surface area contributed by atoms with E-state index in [1.165, 1.54) is 0 Å². The maximum atomic E-state index is 11.8. The normalized spacial score (nSPS) is 12.6. The summed E-state index contributed by atoms with van der Waals surface area (Å²) in [5.41, 5.74) is -5.63. The molecule has 0 aliphatic heterocycles. The van der Waals surface area contributed by atoms with Gasteiger partial charge in [-0.3, -0.25) is 0 Å². The van der Waals surface area contributed by atoms with Crippen LogP contribution < -0.4 is 4.72 Å². The maximum Gasteiger partial charge on any atom is 0.516 e. The number of nitrogens with one attached hydrogen (secondary N) is 1. The fourth-order valence-corrected chi connectivity index (χ4v) is 0.948. The number of sulfonamides is 1. The molecule has 0 rings (SSSR count). The molecule has 0 fully saturated rings. The number of ether oxygens (including phenoxy) is 1. The molecule has 17 heavy (non-hydrogen) atoms. The van der Waals surface area contributed by atoms with E-state index in [1.807, 2.05) is 0 Å². The van der Waals surface area contributed by atoms with Crippen molar-refractivity contribution in [2.45, 2.75) is 5.51 Å². The monoisotopic (exact) mass is 281 g/mol. The van der Waals surface area contributed by atoms with E-state index < -0.39 is 47.4 Å². The number of aliphatic hydroxyl groups excluding tert-OH is 2. The zero-order chi connectivity index (χ0) is 13.7. The van der Waals surface area contributed by atoms with Crippen molar-refractivity contribution in [2.24, 2.45) is 5.92 Å². The average molecular weight is 281 g/mol. The highest BCUT2D eigenvalue weighted by Crippen LogP contribution is 2.21. The molecule has 0 aromatic rings. The Hall–Kier alpha value is -1.07. The molecule has 0 saturated carbocycles. The topological polar surface area (TPSA) is 113 Å². The van der Waals surface area contributed by atoms with Crippen LogP contribution in [0.5, 0.6) is 0 Å². The number of halogens is 3. The van der Waals surface area contributed by atoms with Gasteiger partial charge in [-0.25, -0.2) is 9.52 Å². The SMILES string of the molecule is O=C(NS(=O)(=O)C(F)(F)F)OCC(CO)CO. The number of hydrogen-bond acceptors (Lipinski definition) is 6. The molecule has 0 aliphatic carbocycles. The number of amides is 1. The highest BCUT2D eigenvalue weighted by molar-refractivity contribution is 7.90. The minimum Gasteiger partial charge on any atom is -0.448 e. The van der Waals surface area contributed by atoms with Crippen LogP contribution in [0.3, 0.4) is 0 Å². The summed E-state index contributed by atoms with van der Waals surface area (Å²) in [4.78, 5) is 10.7. The molecule has 3 N–H and O–H groups in total. The largest absolute Gasteiger partial charge is 0.516 e. The number of hydrogen-bond donors (Lipinski definition) is 3. The van der Waals surface area contributed by atoms with Crippen LogP contribution in [0.1, 0.15) is 0 Å². The van der Waals surface area contributed by atoms with Gasteiger partial charge in [0.15, 0.2) is 0 Å². The van der Waals surface area contributed by atoms with Crippen LogP contribution in [0.4, 0.5) is 18.0 Å². The van der Waals surface area contributed by atoms with Crippen molar-refractivity contribution < 1.29 is 41.3 Å². The van der Waals surface area contributed by atoms with Crippen LogP contribution in [0.25, 0.3) is 0 Å². The Morgan fingerprint density at radius 1 is 1.29 bits per heavy atom. The first-order chi connectivity index (χ1) is 7.64. The predicted molar refractivity (Wildman–Crippen MR) is 47.1 cm³/mol. The molecule has 0 aromatic heterocycles. The van der Waals surface area contributed by atoms with Crippen molar-refractivity contribution in [1.29, 1.82) is 0 Å². The van der Waals surface area contributed by atoms with Crippen LogP contribution in [0, 0.1) is 5.92 Å². The first-order valence-electron chi connectivity index (χ1n) is 4.11. The third kappa shape index (κ3) is 5.19. The van der Waals surface area contributed by atoms with E-state index in [-0.39, 0.29) is 0 Å².